The van der Waals surface area contributed by atoms with Crippen LogP contribution in [-0.2, 0) is 6.42 Å². The van der Waals surface area contributed by atoms with E-state index in [9.17, 15) is 0 Å². The van der Waals surface area contributed by atoms with Crippen molar-refractivity contribution in [3.8, 4) is 0 Å². The molecule has 50 valence electrons. The second-order valence-corrected chi connectivity index (χ2v) is 4.74. The van der Waals surface area contributed by atoms with E-state index in [1.54, 1.807) is 11.3 Å². The topological polar surface area (TPSA) is 20.2 Å². The molecule has 1 N–H and O–H groups in total. The van der Waals surface area contributed by atoms with Gasteiger partial charge in [-0.15, -0.1) is 11.3 Å². The molecule has 0 saturated carbocycles. The lowest BCUT2D eigenvalue weighted by Gasteiger charge is -1.86. The third-order valence-electron chi connectivity index (χ3n) is 0.987. The Labute approximate surface area is 71.9 Å². The molecule has 0 radical (unpaired) electrons. The predicted molar refractivity (Wildman–Crippen MR) is 47.8 cm³/mol. The molecule has 1 aromatic rings. The van der Waals surface area contributed by atoms with Crippen LogP contribution >= 0.6 is 33.9 Å². The number of hydrogen-bond donors (Lipinski definition) is 1. The molecule has 0 saturated heterocycles. The Balaban J connectivity index is 2.61. The molecule has 0 aliphatic rings. The second kappa shape index (κ2) is 3.53. The maximum Gasteiger partial charge on any atom is 0.0656 e. The van der Waals surface area contributed by atoms with E-state index >= 15 is 0 Å². The summed E-state index contributed by atoms with van der Waals surface area (Å²) in [6.07, 6.45) is 0.799. The highest BCUT2D eigenvalue weighted by atomic mass is 127. The third-order valence-corrected chi connectivity index (χ3v) is 2.94. The summed E-state index contributed by atoms with van der Waals surface area (Å²) in [5.41, 5.74) is 0. The Morgan fingerprint density at radius 2 is 2.33 bits per heavy atom. The molecule has 1 heterocycles. The third kappa shape index (κ3) is 2.23. The fourth-order valence-electron chi connectivity index (χ4n) is 0.596. The van der Waals surface area contributed by atoms with E-state index in [4.69, 9.17) is 5.11 Å². The van der Waals surface area contributed by atoms with Gasteiger partial charge in [0.2, 0.25) is 0 Å². The zero-order valence-electron chi connectivity index (χ0n) is 4.80. The minimum atomic E-state index is 0.261. The molecule has 0 unspecified atom stereocenters. The van der Waals surface area contributed by atoms with Crippen LogP contribution in [0.2, 0.25) is 0 Å². The number of aliphatic hydroxyl groups excluding tert-OH is 1. The van der Waals surface area contributed by atoms with Gasteiger partial charge < -0.3 is 5.11 Å². The zero-order valence-corrected chi connectivity index (χ0v) is 7.78. The predicted octanol–water partition coefficient (Wildman–Crippen LogP) is 1.89. The summed E-state index contributed by atoms with van der Waals surface area (Å²) < 4.78 is 1.29. The molecule has 0 bridgehead atoms. The van der Waals surface area contributed by atoms with Gasteiger partial charge in [-0.25, -0.2) is 0 Å². The summed E-state index contributed by atoms with van der Waals surface area (Å²) in [4.78, 5) is 1.27. The number of aliphatic hydroxyl groups is 1. The average Bonchev–Trinajstić information content (AvgIpc) is 2.17. The highest BCUT2D eigenvalue weighted by molar-refractivity contribution is 14.1. The van der Waals surface area contributed by atoms with Gasteiger partial charge in [-0.05, 0) is 34.7 Å². The summed E-state index contributed by atoms with van der Waals surface area (Å²) in [7, 11) is 0. The molecule has 0 atom stereocenters. The van der Waals surface area contributed by atoms with Crippen molar-refractivity contribution in [1.29, 1.82) is 0 Å². The van der Waals surface area contributed by atoms with Gasteiger partial charge in [0, 0.05) is 17.9 Å². The first-order valence-corrected chi connectivity index (χ1v) is 4.57. The molecule has 9 heavy (non-hydrogen) atoms. The molecular formula is C6H7IOS. The van der Waals surface area contributed by atoms with Gasteiger partial charge in [0.05, 0.1) is 2.88 Å². The van der Waals surface area contributed by atoms with Crippen LogP contribution in [0.25, 0.3) is 0 Å². The highest BCUT2D eigenvalue weighted by Gasteiger charge is 1.94. The van der Waals surface area contributed by atoms with E-state index < -0.39 is 0 Å². The number of halogens is 1. The van der Waals surface area contributed by atoms with E-state index in [2.05, 4.69) is 34.7 Å². The van der Waals surface area contributed by atoms with E-state index in [0.717, 1.165) is 6.42 Å². The van der Waals surface area contributed by atoms with E-state index in [-0.39, 0.29) is 6.61 Å². The SMILES string of the molecule is OCCc1ccc(I)s1. The quantitative estimate of drug-likeness (QED) is 0.799. The first-order chi connectivity index (χ1) is 4.33. The number of thiophene rings is 1. The lowest BCUT2D eigenvalue weighted by atomic mass is 10.4. The summed E-state index contributed by atoms with van der Waals surface area (Å²) in [5, 5.41) is 8.53. The van der Waals surface area contributed by atoms with Crippen LogP contribution in [0.15, 0.2) is 12.1 Å². The number of rotatable bonds is 2. The largest absolute Gasteiger partial charge is 0.396 e. The van der Waals surface area contributed by atoms with Crippen molar-refractivity contribution < 1.29 is 5.11 Å². The van der Waals surface area contributed by atoms with Gasteiger partial charge >= 0.3 is 0 Å². The maximum absolute atomic E-state index is 8.53. The van der Waals surface area contributed by atoms with Crippen LogP contribution in [0.5, 0.6) is 0 Å². The Bertz CT molecular complexity index is 185. The molecule has 0 spiro atoms. The van der Waals surface area contributed by atoms with Gasteiger partial charge in [-0.2, -0.15) is 0 Å². The fourth-order valence-corrected chi connectivity index (χ4v) is 2.34. The van der Waals surface area contributed by atoms with Crippen molar-refractivity contribution in [3.63, 3.8) is 0 Å². The van der Waals surface area contributed by atoms with Crippen LogP contribution in [0.3, 0.4) is 0 Å². The molecule has 0 fully saturated rings. The molecule has 0 aliphatic carbocycles. The fraction of sp³-hybridized carbons (Fsp3) is 0.333. The van der Waals surface area contributed by atoms with Crippen molar-refractivity contribution in [2.75, 3.05) is 6.61 Å². The molecule has 0 aliphatic heterocycles. The minimum absolute atomic E-state index is 0.261. The summed E-state index contributed by atoms with van der Waals surface area (Å²) >= 11 is 4.02. The van der Waals surface area contributed by atoms with Gasteiger partial charge in [0.25, 0.3) is 0 Å². The molecule has 3 heteroatoms. The molecule has 0 amide bonds. The summed E-state index contributed by atoms with van der Waals surface area (Å²) in [5.74, 6) is 0. The smallest absolute Gasteiger partial charge is 0.0656 e. The van der Waals surface area contributed by atoms with Crippen molar-refractivity contribution in [3.05, 3.63) is 19.9 Å². The molecule has 0 aromatic carbocycles. The monoisotopic (exact) mass is 254 g/mol. The summed E-state index contributed by atoms with van der Waals surface area (Å²) in [6.45, 7) is 0.261. The van der Waals surface area contributed by atoms with Crippen molar-refractivity contribution >= 4 is 33.9 Å². The van der Waals surface area contributed by atoms with Gasteiger partial charge in [0.15, 0.2) is 0 Å². The molecule has 1 nitrogen and oxygen atoms in total. The lowest BCUT2D eigenvalue weighted by Crippen LogP contribution is -1.84. The normalized spacial score (nSPS) is 10.0. The van der Waals surface area contributed by atoms with Gasteiger partial charge in [-0.1, -0.05) is 0 Å². The first-order valence-electron chi connectivity index (χ1n) is 2.68. The minimum Gasteiger partial charge on any atom is -0.396 e. The van der Waals surface area contributed by atoms with Gasteiger partial charge in [-0.3, -0.25) is 0 Å². The van der Waals surface area contributed by atoms with Crippen LogP contribution < -0.4 is 0 Å². The van der Waals surface area contributed by atoms with Crippen LogP contribution in [0.1, 0.15) is 4.88 Å². The van der Waals surface area contributed by atoms with E-state index in [0.29, 0.717) is 0 Å². The van der Waals surface area contributed by atoms with E-state index in [1.807, 2.05) is 0 Å². The molecule has 1 aromatic heterocycles. The standard InChI is InChI=1S/C6H7IOS/c7-6-2-1-5(9-6)3-4-8/h1-2,8H,3-4H2. The Kier molecular flexibility index (Phi) is 2.94. The zero-order chi connectivity index (χ0) is 6.69. The lowest BCUT2D eigenvalue weighted by molar-refractivity contribution is 0.300. The van der Waals surface area contributed by atoms with Crippen molar-refractivity contribution in [2.45, 2.75) is 6.42 Å². The Morgan fingerprint density at radius 3 is 2.78 bits per heavy atom. The Hall–Kier alpha value is 0.390. The van der Waals surface area contributed by atoms with Gasteiger partial charge in [0.1, 0.15) is 0 Å². The number of hydrogen-bond acceptors (Lipinski definition) is 2. The second-order valence-electron chi connectivity index (χ2n) is 1.68. The first kappa shape index (κ1) is 7.50. The molecular weight excluding hydrogens is 247 g/mol. The Morgan fingerprint density at radius 1 is 1.56 bits per heavy atom. The molecule has 1 rings (SSSR count). The van der Waals surface area contributed by atoms with Crippen molar-refractivity contribution in [1.82, 2.24) is 0 Å². The van der Waals surface area contributed by atoms with Crippen molar-refractivity contribution in [2.24, 2.45) is 0 Å². The van der Waals surface area contributed by atoms with Crippen LogP contribution in [-0.4, -0.2) is 11.7 Å². The van der Waals surface area contributed by atoms with E-state index in [1.165, 1.54) is 7.76 Å². The van der Waals surface area contributed by atoms with Crippen LogP contribution in [0.4, 0.5) is 0 Å². The van der Waals surface area contributed by atoms with Crippen LogP contribution in [0, 0.1) is 2.88 Å². The highest BCUT2D eigenvalue weighted by Crippen LogP contribution is 2.17. The average molecular weight is 254 g/mol. The maximum atomic E-state index is 8.53. The summed E-state index contributed by atoms with van der Waals surface area (Å²) in [6, 6.07) is 4.12.